The molecule has 10 nitrogen and oxygen atoms in total. The number of hydrogen-bond acceptors (Lipinski definition) is 7. The zero-order valence-corrected chi connectivity index (χ0v) is 24.4. The van der Waals surface area contributed by atoms with E-state index in [1.54, 1.807) is 22.9 Å². The molecular weight excluding hydrogens is 582 g/mol. The summed E-state index contributed by atoms with van der Waals surface area (Å²) in [6.45, 7) is -1.21. The fourth-order valence-corrected chi connectivity index (χ4v) is 6.26. The second-order valence-electron chi connectivity index (χ2n) is 12.6. The van der Waals surface area contributed by atoms with Crippen LogP contribution in [-0.4, -0.2) is 55.8 Å². The zero-order chi connectivity index (χ0) is 30.8. The third-order valence-electron chi connectivity index (χ3n) is 9.14. The maximum atomic E-state index is 14.1. The molecular formula is C30H37F4N7O3. The third kappa shape index (κ3) is 7.04. The van der Waals surface area contributed by atoms with E-state index in [-0.39, 0.29) is 86.3 Å². The monoisotopic (exact) mass is 619 g/mol. The number of carbonyl (C=O) groups excluding carboxylic acids is 2. The first-order chi connectivity index (χ1) is 21.2. The quantitative estimate of drug-likeness (QED) is 0.226. The number of fused-ring (bicyclic) bond motifs is 1. The third-order valence-corrected chi connectivity index (χ3v) is 9.14. The molecule has 2 amide bonds. The van der Waals surface area contributed by atoms with Crippen LogP contribution in [0.4, 0.5) is 17.6 Å². The SMILES string of the molecule is O=C(CC(CCF)CCF)N[C@@H](c1ccn2cc([C@@H](NC(=O)c3nonc3C3CC3)C3CCC(F)(F)CC3)nc2n1)C1CC1. The molecule has 14 heteroatoms. The molecule has 3 aliphatic rings. The molecule has 3 heterocycles. The number of hydrogen-bond donors (Lipinski definition) is 2. The number of nitrogens with one attached hydrogen (secondary N) is 2. The summed E-state index contributed by atoms with van der Waals surface area (Å²) >= 11 is 0. The van der Waals surface area contributed by atoms with Gasteiger partial charge in [0, 0.05) is 37.6 Å². The van der Waals surface area contributed by atoms with Gasteiger partial charge in [-0.15, -0.1) is 0 Å². The minimum absolute atomic E-state index is 0.0398. The summed E-state index contributed by atoms with van der Waals surface area (Å²) in [6, 6.07) is 0.745. The highest BCUT2D eigenvalue weighted by Crippen LogP contribution is 2.43. The Kier molecular flexibility index (Phi) is 8.86. The lowest BCUT2D eigenvalue weighted by molar-refractivity contribution is -0.123. The Balaban J connectivity index is 1.23. The number of alkyl halides is 4. The van der Waals surface area contributed by atoms with Crippen molar-refractivity contribution in [3.63, 3.8) is 0 Å². The molecule has 2 N–H and O–H groups in total. The molecule has 0 saturated heterocycles. The summed E-state index contributed by atoms with van der Waals surface area (Å²) in [5, 5.41) is 13.7. The molecule has 0 bridgehead atoms. The molecule has 3 aromatic heterocycles. The molecule has 3 aliphatic carbocycles. The van der Waals surface area contributed by atoms with Crippen molar-refractivity contribution >= 4 is 17.6 Å². The highest BCUT2D eigenvalue weighted by atomic mass is 19.3. The number of imidazole rings is 1. The predicted octanol–water partition coefficient (Wildman–Crippen LogP) is 5.58. The van der Waals surface area contributed by atoms with Gasteiger partial charge in [0.15, 0.2) is 5.69 Å². The predicted molar refractivity (Wildman–Crippen MR) is 149 cm³/mol. The Morgan fingerprint density at radius 2 is 1.59 bits per heavy atom. The van der Waals surface area contributed by atoms with E-state index in [2.05, 4.69) is 20.9 Å². The van der Waals surface area contributed by atoms with E-state index in [4.69, 9.17) is 14.6 Å². The Bertz CT molecular complexity index is 1460. The van der Waals surface area contributed by atoms with Crippen molar-refractivity contribution in [1.82, 2.24) is 35.3 Å². The molecule has 44 heavy (non-hydrogen) atoms. The Morgan fingerprint density at radius 3 is 2.25 bits per heavy atom. The summed E-state index contributed by atoms with van der Waals surface area (Å²) in [7, 11) is 0. The van der Waals surface area contributed by atoms with Crippen LogP contribution >= 0.6 is 0 Å². The highest BCUT2D eigenvalue weighted by molar-refractivity contribution is 5.93. The van der Waals surface area contributed by atoms with Gasteiger partial charge in [0.2, 0.25) is 17.6 Å². The van der Waals surface area contributed by atoms with Crippen molar-refractivity contribution < 1.29 is 31.8 Å². The first-order valence-corrected chi connectivity index (χ1v) is 15.5. The van der Waals surface area contributed by atoms with Crippen molar-refractivity contribution in [3.05, 3.63) is 41.2 Å². The first kappa shape index (κ1) is 30.4. The van der Waals surface area contributed by atoms with Crippen LogP contribution in [0.5, 0.6) is 0 Å². The maximum absolute atomic E-state index is 14.1. The topological polar surface area (TPSA) is 127 Å². The molecule has 0 unspecified atom stereocenters. The van der Waals surface area contributed by atoms with E-state index in [9.17, 15) is 27.2 Å². The van der Waals surface area contributed by atoms with E-state index in [1.807, 2.05) is 0 Å². The van der Waals surface area contributed by atoms with Gasteiger partial charge in [-0.05, 0) is 80.3 Å². The van der Waals surface area contributed by atoms with Crippen LogP contribution in [0.3, 0.4) is 0 Å². The minimum atomic E-state index is -2.74. The smallest absolute Gasteiger partial charge is 0.276 e. The van der Waals surface area contributed by atoms with Gasteiger partial charge in [-0.2, -0.15) is 0 Å². The van der Waals surface area contributed by atoms with Gasteiger partial charge < -0.3 is 10.6 Å². The normalized spacial score (nSPS) is 20.1. The van der Waals surface area contributed by atoms with Gasteiger partial charge >= 0.3 is 0 Å². The molecule has 0 aromatic carbocycles. The van der Waals surface area contributed by atoms with Crippen LogP contribution < -0.4 is 10.6 Å². The molecule has 3 saturated carbocycles. The van der Waals surface area contributed by atoms with Crippen molar-refractivity contribution in [1.29, 1.82) is 0 Å². The summed E-state index contributed by atoms with van der Waals surface area (Å²) < 4.78 is 60.5. The second-order valence-corrected chi connectivity index (χ2v) is 12.6. The van der Waals surface area contributed by atoms with E-state index < -0.39 is 31.2 Å². The van der Waals surface area contributed by atoms with Gasteiger partial charge in [-0.1, -0.05) is 5.16 Å². The van der Waals surface area contributed by atoms with Crippen LogP contribution in [0.25, 0.3) is 5.78 Å². The lowest BCUT2D eigenvalue weighted by atomic mass is 9.81. The fraction of sp³-hybridized carbons (Fsp3) is 0.667. The number of halogens is 4. The van der Waals surface area contributed by atoms with Crippen molar-refractivity contribution in [3.8, 4) is 0 Å². The second kappa shape index (κ2) is 12.8. The standard InChI is InChI=1S/C30H37F4N7O3/c31-12-7-17(8-13-32)15-23(42)37-24(18-1-2-18)21-9-14-41-16-22(36-29(41)35-21)25(20-5-10-30(33,34)11-6-20)38-28(43)27-26(19-3-4-19)39-44-40-27/h9,14,16-20,24-25H,1-8,10-13,15H2,(H,37,42)(H,38,43)/t24-,25+/m1/s1. The lowest BCUT2D eigenvalue weighted by Crippen LogP contribution is -2.37. The van der Waals surface area contributed by atoms with Gasteiger partial charge in [-0.3, -0.25) is 22.8 Å². The average Bonchev–Trinajstić information content (AvgIpc) is 3.93. The molecule has 2 atom stereocenters. The van der Waals surface area contributed by atoms with Crippen LogP contribution in [0, 0.1) is 17.8 Å². The zero-order valence-electron chi connectivity index (χ0n) is 24.4. The van der Waals surface area contributed by atoms with Crippen molar-refractivity contribution in [2.24, 2.45) is 17.8 Å². The van der Waals surface area contributed by atoms with Gasteiger partial charge in [0.05, 0.1) is 36.8 Å². The van der Waals surface area contributed by atoms with E-state index in [1.165, 1.54) is 0 Å². The Morgan fingerprint density at radius 1 is 0.932 bits per heavy atom. The average molecular weight is 620 g/mol. The Hall–Kier alpha value is -3.58. The van der Waals surface area contributed by atoms with Crippen LogP contribution in [0.2, 0.25) is 0 Å². The molecule has 3 fully saturated rings. The van der Waals surface area contributed by atoms with Gasteiger partial charge in [-0.25, -0.2) is 23.4 Å². The molecule has 0 radical (unpaired) electrons. The fourth-order valence-electron chi connectivity index (χ4n) is 6.26. The molecule has 238 valence electrons. The number of nitrogens with zero attached hydrogens (tertiary/aromatic N) is 5. The number of rotatable bonds is 14. The molecule has 0 aliphatic heterocycles. The van der Waals surface area contributed by atoms with E-state index in [0.717, 1.165) is 25.7 Å². The number of amides is 2. The summed E-state index contributed by atoms with van der Waals surface area (Å²) in [5.74, 6) is -3.49. The lowest BCUT2D eigenvalue weighted by Gasteiger charge is -2.33. The van der Waals surface area contributed by atoms with E-state index in [0.29, 0.717) is 22.9 Å². The van der Waals surface area contributed by atoms with Crippen molar-refractivity contribution in [2.45, 2.75) is 94.6 Å². The van der Waals surface area contributed by atoms with Gasteiger partial charge in [0.1, 0.15) is 5.69 Å². The summed E-state index contributed by atoms with van der Waals surface area (Å²) in [6.07, 6.45) is 7.29. The maximum Gasteiger partial charge on any atom is 0.276 e. The Labute approximate surface area is 251 Å². The minimum Gasteiger partial charge on any atom is -0.347 e. The van der Waals surface area contributed by atoms with Gasteiger partial charge in [0.25, 0.3) is 5.91 Å². The first-order valence-electron chi connectivity index (χ1n) is 15.5. The van der Waals surface area contributed by atoms with Crippen LogP contribution in [0.1, 0.15) is 116 Å². The number of aromatic nitrogens is 5. The summed E-state index contributed by atoms with van der Waals surface area (Å²) in [5.41, 5.74) is 1.70. The summed E-state index contributed by atoms with van der Waals surface area (Å²) in [4.78, 5) is 35.7. The highest BCUT2D eigenvalue weighted by Gasteiger charge is 2.41. The van der Waals surface area contributed by atoms with Crippen LogP contribution in [0.15, 0.2) is 23.1 Å². The number of carbonyl (C=O) groups is 2. The molecule has 3 aromatic rings. The molecule has 0 spiro atoms. The largest absolute Gasteiger partial charge is 0.347 e. The van der Waals surface area contributed by atoms with Crippen LogP contribution in [-0.2, 0) is 4.79 Å². The van der Waals surface area contributed by atoms with E-state index >= 15 is 0 Å². The van der Waals surface area contributed by atoms with Crippen molar-refractivity contribution in [2.75, 3.05) is 13.3 Å². The molecule has 6 rings (SSSR count).